The van der Waals surface area contributed by atoms with Gasteiger partial charge in [0.1, 0.15) is 0 Å². The zero-order valence-electron chi connectivity index (χ0n) is 9.65. The Morgan fingerprint density at radius 1 is 1.28 bits per heavy atom. The van der Waals surface area contributed by atoms with Crippen molar-refractivity contribution in [2.75, 3.05) is 37.6 Å². The lowest BCUT2D eigenvalue weighted by Crippen LogP contribution is -2.49. The summed E-state index contributed by atoms with van der Waals surface area (Å²) in [5, 5.41) is 9.71. The van der Waals surface area contributed by atoms with E-state index in [-0.39, 0.29) is 6.61 Å². The van der Waals surface area contributed by atoms with E-state index < -0.39 is 12.7 Å². The quantitative estimate of drug-likeness (QED) is 0.907. The van der Waals surface area contributed by atoms with E-state index in [0.717, 1.165) is 10.0 Å². The van der Waals surface area contributed by atoms with Gasteiger partial charge in [-0.25, -0.2) is 4.98 Å². The van der Waals surface area contributed by atoms with Gasteiger partial charge in [0.2, 0.25) is 0 Å². The Labute approximate surface area is 107 Å². The molecule has 18 heavy (non-hydrogen) atoms. The predicted molar refractivity (Wildman–Crippen MR) is 62.7 cm³/mol. The van der Waals surface area contributed by atoms with Crippen LogP contribution in [0.4, 0.5) is 18.3 Å². The Kier molecular flexibility index (Phi) is 4.08. The van der Waals surface area contributed by atoms with E-state index in [9.17, 15) is 13.2 Å². The van der Waals surface area contributed by atoms with E-state index in [1.54, 1.807) is 6.20 Å². The molecule has 1 N–H and O–H groups in total. The fourth-order valence-electron chi connectivity index (χ4n) is 1.87. The van der Waals surface area contributed by atoms with Crippen LogP contribution >= 0.6 is 11.3 Å². The molecule has 1 aliphatic heterocycles. The minimum absolute atomic E-state index is 0.0499. The second kappa shape index (κ2) is 5.41. The van der Waals surface area contributed by atoms with Crippen molar-refractivity contribution in [2.45, 2.75) is 12.8 Å². The number of halogens is 3. The monoisotopic (exact) mass is 281 g/mol. The molecular formula is C10H14F3N3OS. The number of nitrogens with zero attached hydrogens (tertiary/aromatic N) is 3. The standard InChI is InChI=1S/C10H14F3N3OS/c11-10(12,13)7-15-1-3-16(4-2-15)9-14-5-8(6-17)18-9/h5,17H,1-4,6-7H2. The highest BCUT2D eigenvalue weighted by Crippen LogP contribution is 2.24. The van der Waals surface area contributed by atoms with Gasteiger partial charge in [-0.3, -0.25) is 4.90 Å². The molecule has 0 aromatic carbocycles. The van der Waals surface area contributed by atoms with Crippen molar-refractivity contribution in [1.82, 2.24) is 9.88 Å². The van der Waals surface area contributed by atoms with Gasteiger partial charge in [-0.05, 0) is 0 Å². The van der Waals surface area contributed by atoms with Crippen molar-refractivity contribution in [3.05, 3.63) is 11.1 Å². The van der Waals surface area contributed by atoms with E-state index in [1.165, 1.54) is 16.2 Å². The van der Waals surface area contributed by atoms with Crippen molar-refractivity contribution < 1.29 is 18.3 Å². The summed E-state index contributed by atoms with van der Waals surface area (Å²) in [6.07, 6.45) is -2.53. The van der Waals surface area contributed by atoms with Crippen LogP contribution in [0.5, 0.6) is 0 Å². The maximum Gasteiger partial charge on any atom is 0.401 e. The minimum Gasteiger partial charge on any atom is -0.391 e. The number of anilines is 1. The summed E-state index contributed by atoms with van der Waals surface area (Å²) >= 11 is 1.38. The van der Waals surface area contributed by atoms with Gasteiger partial charge in [-0.1, -0.05) is 11.3 Å². The van der Waals surface area contributed by atoms with Crippen LogP contribution in [0.1, 0.15) is 4.88 Å². The van der Waals surface area contributed by atoms with E-state index in [4.69, 9.17) is 5.11 Å². The molecule has 1 aliphatic rings. The zero-order valence-corrected chi connectivity index (χ0v) is 10.5. The number of rotatable bonds is 3. The number of aromatic nitrogens is 1. The van der Waals surface area contributed by atoms with Gasteiger partial charge in [0, 0.05) is 32.4 Å². The lowest BCUT2D eigenvalue weighted by molar-refractivity contribution is -0.146. The summed E-state index contributed by atoms with van der Waals surface area (Å²) in [5.41, 5.74) is 0. The summed E-state index contributed by atoms with van der Waals surface area (Å²) in [4.78, 5) is 8.28. The molecule has 2 rings (SSSR count). The Morgan fingerprint density at radius 3 is 2.44 bits per heavy atom. The molecule has 0 radical (unpaired) electrons. The van der Waals surface area contributed by atoms with Gasteiger partial charge in [-0.15, -0.1) is 0 Å². The first-order valence-electron chi connectivity index (χ1n) is 5.57. The van der Waals surface area contributed by atoms with Crippen molar-refractivity contribution in [1.29, 1.82) is 0 Å². The van der Waals surface area contributed by atoms with Crippen LogP contribution in [0.3, 0.4) is 0 Å². The van der Waals surface area contributed by atoms with Gasteiger partial charge in [0.05, 0.1) is 18.0 Å². The molecule has 0 unspecified atom stereocenters. The molecule has 0 saturated carbocycles. The number of piperazine rings is 1. The molecule has 4 nitrogen and oxygen atoms in total. The molecule has 102 valence electrons. The van der Waals surface area contributed by atoms with E-state index in [1.807, 2.05) is 4.90 Å². The minimum atomic E-state index is -4.13. The zero-order chi connectivity index (χ0) is 13.2. The number of alkyl halides is 3. The molecule has 0 bridgehead atoms. The first-order valence-corrected chi connectivity index (χ1v) is 6.39. The van der Waals surface area contributed by atoms with Crippen LogP contribution in [-0.2, 0) is 6.61 Å². The fourth-order valence-corrected chi connectivity index (χ4v) is 2.69. The van der Waals surface area contributed by atoms with Crippen molar-refractivity contribution in [3.8, 4) is 0 Å². The van der Waals surface area contributed by atoms with Gasteiger partial charge < -0.3 is 10.0 Å². The largest absolute Gasteiger partial charge is 0.401 e. The molecule has 0 aliphatic carbocycles. The highest BCUT2D eigenvalue weighted by Gasteiger charge is 2.32. The number of aliphatic hydroxyl groups is 1. The maximum atomic E-state index is 12.2. The third kappa shape index (κ3) is 3.56. The highest BCUT2D eigenvalue weighted by atomic mass is 32.1. The molecule has 0 amide bonds. The summed E-state index contributed by atoms with van der Waals surface area (Å²) in [7, 11) is 0. The number of hydrogen-bond acceptors (Lipinski definition) is 5. The summed E-state index contributed by atoms with van der Waals surface area (Å²) in [6.45, 7) is 0.941. The van der Waals surface area contributed by atoms with Crippen LogP contribution in [-0.4, -0.2) is 53.9 Å². The maximum absolute atomic E-state index is 12.2. The fraction of sp³-hybridized carbons (Fsp3) is 0.700. The van der Waals surface area contributed by atoms with Crippen LogP contribution in [0.25, 0.3) is 0 Å². The van der Waals surface area contributed by atoms with Crippen LogP contribution in [0.15, 0.2) is 6.20 Å². The Hall–Kier alpha value is -0.860. The van der Waals surface area contributed by atoms with Crippen molar-refractivity contribution in [3.63, 3.8) is 0 Å². The van der Waals surface area contributed by atoms with Gasteiger partial charge in [0.25, 0.3) is 0 Å². The predicted octanol–water partition coefficient (Wildman–Crippen LogP) is 1.32. The number of hydrogen-bond donors (Lipinski definition) is 1. The smallest absolute Gasteiger partial charge is 0.391 e. The Bertz CT molecular complexity index is 388. The molecule has 0 atom stereocenters. The Morgan fingerprint density at radius 2 is 1.94 bits per heavy atom. The average molecular weight is 281 g/mol. The molecule has 1 saturated heterocycles. The topological polar surface area (TPSA) is 39.6 Å². The van der Waals surface area contributed by atoms with Crippen LogP contribution in [0, 0.1) is 0 Å². The van der Waals surface area contributed by atoms with Gasteiger partial charge in [-0.2, -0.15) is 13.2 Å². The van der Waals surface area contributed by atoms with Crippen LogP contribution in [0.2, 0.25) is 0 Å². The Balaban J connectivity index is 1.86. The molecule has 2 heterocycles. The first-order chi connectivity index (χ1) is 8.48. The molecule has 0 spiro atoms. The van der Waals surface area contributed by atoms with E-state index in [2.05, 4.69) is 4.98 Å². The van der Waals surface area contributed by atoms with E-state index >= 15 is 0 Å². The number of aliphatic hydroxyl groups excluding tert-OH is 1. The third-order valence-electron chi connectivity index (χ3n) is 2.74. The second-order valence-electron chi connectivity index (χ2n) is 4.15. The first kappa shape index (κ1) is 13.6. The summed E-state index contributed by atoms with van der Waals surface area (Å²) in [5.74, 6) is 0. The molecule has 8 heteroatoms. The van der Waals surface area contributed by atoms with Crippen molar-refractivity contribution in [2.24, 2.45) is 0 Å². The molecule has 1 fully saturated rings. The van der Waals surface area contributed by atoms with Crippen molar-refractivity contribution >= 4 is 16.5 Å². The lowest BCUT2D eigenvalue weighted by Gasteiger charge is -2.34. The van der Waals surface area contributed by atoms with Gasteiger partial charge in [0.15, 0.2) is 5.13 Å². The molecule has 1 aromatic rings. The summed E-state index contributed by atoms with van der Waals surface area (Å²) < 4.78 is 36.6. The molecule has 1 aromatic heterocycles. The second-order valence-corrected chi connectivity index (χ2v) is 5.24. The SMILES string of the molecule is OCc1cnc(N2CCN(CC(F)(F)F)CC2)s1. The highest BCUT2D eigenvalue weighted by molar-refractivity contribution is 7.15. The van der Waals surface area contributed by atoms with Crippen LogP contribution < -0.4 is 4.90 Å². The third-order valence-corrected chi connectivity index (χ3v) is 3.79. The normalized spacial score (nSPS) is 18.3. The average Bonchev–Trinajstić information content (AvgIpc) is 2.76. The van der Waals surface area contributed by atoms with E-state index in [0.29, 0.717) is 26.2 Å². The molecular weight excluding hydrogens is 267 g/mol. The van der Waals surface area contributed by atoms with Gasteiger partial charge >= 0.3 is 6.18 Å². The number of thiazole rings is 1. The lowest BCUT2D eigenvalue weighted by atomic mass is 10.3. The summed E-state index contributed by atoms with van der Waals surface area (Å²) in [6, 6.07) is 0.